The molecule has 0 radical (unpaired) electrons. The third-order valence-electron chi connectivity index (χ3n) is 5.72. The van der Waals surface area contributed by atoms with E-state index in [9.17, 15) is 9.59 Å². The van der Waals surface area contributed by atoms with Crippen LogP contribution in [0.3, 0.4) is 0 Å². The molecule has 31 heavy (non-hydrogen) atoms. The van der Waals surface area contributed by atoms with Gasteiger partial charge in [-0.15, -0.1) is 0 Å². The van der Waals surface area contributed by atoms with Crippen molar-refractivity contribution in [1.82, 2.24) is 0 Å². The maximum Gasteiger partial charge on any atom is 0.224 e. The lowest BCUT2D eigenvalue weighted by Crippen LogP contribution is -2.29. The lowest BCUT2D eigenvalue weighted by molar-refractivity contribution is -0.117. The summed E-state index contributed by atoms with van der Waals surface area (Å²) in [4.78, 5) is 26.0. The van der Waals surface area contributed by atoms with Crippen molar-refractivity contribution < 1.29 is 14.3 Å². The van der Waals surface area contributed by atoms with E-state index in [1.54, 1.807) is 0 Å². The van der Waals surface area contributed by atoms with Crippen molar-refractivity contribution in [3.05, 3.63) is 47.0 Å². The zero-order valence-electron chi connectivity index (χ0n) is 17.6. The molecular weight excluding hydrogens is 414 g/mol. The van der Waals surface area contributed by atoms with Crippen LogP contribution < -0.4 is 20.3 Å². The molecule has 1 fully saturated rings. The van der Waals surface area contributed by atoms with Gasteiger partial charge in [0.2, 0.25) is 11.8 Å². The van der Waals surface area contributed by atoms with Gasteiger partial charge in [0.15, 0.2) is 0 Å². The van der Waals surface area contributed by atoms with Crippen molar-refractivity contribution in [3.63, 3.8) is 0 Å². The summed E-state index contributed by atoms with van der Waals surface area (Å²) < 4.78 is 5.78. The van der Waals surface area contributed by atoms with E-state index in [1.165, 1.54) is 19.3 Å². The number of nitrogens with zero attached hydrogens (tertiary/aromatic N) is 1. The van der Waals surface area contributed by atoms with Crippen molar-refractivity contribution in [3.8, 4) is 5.75 Å². The summed E-state index contributed by atoms with van der Waals surface area (Å²) in [5.41, 5.74) is 3.69. The summed E-state index contributed by atoms with van der Waals surface area (Å²) in [5, 5.41) is 6.45. The summed E-state index contributed by atoms with van der Waals surface area (Å²) in [6, 6.07) is 11.4. The molecule has 0 spiro atoms. The van der Waals surface area contributed by atoms with E-state index in [2.05, 4.69) is 15.5 Å². The lowest BCUT2D eigenvalue weighted by atomic mass is 10.0. The largest absolute Gasteiger partial charge is 0.494 e. The number of aryl methyl sites for hydroxylation is 1. The average molecular weight is 442 g/mol. The highest BCUT2D eigenvalue weighted by atomic mass is 35.5. The van der Waals surface area contributed by atoms with E-state index in [0.717, 1.165) is 42.2 Å². The first kappa shape index (κ1) is 21.5. The van der Waals surface area contributed by atoms with Crippen LogP contribution in [0.25, 0.3) is 0 Å². The zero-order valence-corrected chi connectivity index (χ0v) is 18.3. The number of piperidine rings is 1. The molecule has 164 valence electrons. The van der Waals surface area contributed by atoms with Crippen LogP contribution >= 0.6 is 11.6 Å². The highest BCUT2D eigenvalue weighted by molar-refractivity contribution is 6.33. The van der Waals surface area contributed by atoms with E-state index in [0.29, 0.717) is 36.6 Å². The number of fused-ring (bicyclic) bond motifs is 1. The molecular formula is C24H28ClN3O3. The minimum Gasteiger partial charge on any atom is -0.494 e. The minimum absolute atomic E-state index is 0.0506. The van der Waals surface area contributed by atoms with Gasteiger partial charge in [-0.2, -0.15) is 0 Å². The Morgan fingerprint density at radius 1 is 1.10 bits per heavy atom. The summed E-state index contributed by atoms with van der Waals surface area (Å²) in [5.74, 6) is 0.753. The van der Waals surface area contributed by atoms with E-state index in [1.807, 2.05) is 36.4 Å². The summed E-state index contributed by atoms with van der Waals surface area (Å²) in [6.45, 7) is 2.52. The number of hydrogen-bond donors (Lipinski definition) is 2. The van der Waals surface area contributed by atoms with Gasteiger partial charge in [0.05, 0.1) is 17.3 Å². The van der Waals surface area contributed by atoms with Gasteiger partial charge in [-0.3, -0.25) is 9.59 Å². The van der Waals surface area contributed by atoms with Gasteiger partial charge < -0.3 is 20.3 Å². The SMILES string of the molecule is O=C(CCCOc1ccc2c(c1)CCC(=O)N2)Nc1ccc(N2CCCCC2)c(Cl)c1. The van der Waals surface area contributed by atoms with Crippen LogP contribution in [-0.2, 0) is 16.0 Å². The van der Waals surface area contributed by atoms with E-state index in [4.69, 9.17) is 16.3 Å². The molecule has 1 saturated heterocycles. The Morgan fingerprint density at radius 2 is 1.94 bits per heavy atom. The number of ether oxygens (including phenoxy) is 1. The molecule has 0 aliphatic carbocycles. The molecule has 7 heteroatoms. The quantitative estimate of drug-likeness (QED) is 0.592. The van der Waals surface area contributed by atoms with Crippen molar-refractivity contribution >= 4 is 40.5 Å². The van der Waals surface area contributed by atoms with Gasteiger partial charge in [-0.25, -0.2) is 0 Å². The number of carbonyl (C=O) groups excluding carboxylic acids is 2. The van der Waals surface area contributed by atoms with Crippen LogP contribution in [0.2, 0.25) is 5.02 Å². The second-order valence-electron chi connectivity index (χ2n) is 8.08. The highest BCUT2D eigenvalue weighted by Gasteiger charge is 2.16. The molecule has 2 aromatic carbocycles. The van der Waals surface area contributed by atoms with Crippen molar-refractivity contribution in [2.45, 2.75) is 44.9 Å². The normalized spacial score (nSPS) is 15.8. The van der Waals surface area contributed by atoms with Crippen molar-refractivity contribution in [2.75, 3.05) is 35.2 Å². The summed E-state index contributed by atoms with van der Waals surface area (Å²) >= 11 is 6.46. The van der Waals surface area contributed by atoms with E-state index in [-0.39, 0.29) is 11.8 Å². The number of benzene rings is 2. The molecule has 0 aromatic heterocycles. The minimum atomic E-state index is -0.0569. The first-order valence-electron chi connectivity index (χ1n) is 11.0. The molecule has 2 N–H and O–H groups in total. The molecule has 0 saturated carbocycles. The van der Waals surface area contributed by atoms with Crippen LogP contribution in [0.15, 0.2) is 36.4 Å². The molecule has 2 aromatic rings. The Labute approximate surface area is 187 Å². The first-order valence-corrected chi connectivity index (χ1v) is 11.4. The van der Waals surface area contributed by atoms with Gasteiger partial charge in [-0.1, -0.05) is 11.6 Å². The smallest absolute Gasteiger partial charge is 0.224 e. The van der Waals surface area contributed by atoms with Gasteiger partial charge >= 0.3 is 0 Å². The van der Waals surface area contributed by atoms with Gasteiger partial charge in [-0.05, 0) is 74.1 Å². The van der Waals surface area contributed by atoms with E-state index >= 15 is 0 Å². The number of anilines is 3. The second kappa shape index (κ2) is 10.1. The number of nitrogens with one attached hydrogen (secondary N) is 2. The van der Waals surface area contributed by atoms with E-state index < -0.39 is 0 Å². The Bertz CT molecular complexity index is 957. The number of halogens is 1. The lowest BCUT2D eigenvalue weighted by Gasteiger charge is -2.29. The third-order valence-corrected chi connectivity index (χ3v) is 6.02. The maximum atomic E-state index is 12.3. The number of hydrogen-bond acceptors (Lipinski definition) is 4. The summed E-state index contributed by atoms with van der Waals surface area (Å²) in [7, 11) is 0. The second-order valence-corrected chi connectivity index (χ2v) is 8.49. The molecule has 2 heterocycles. The van der Waals surface area contributed by atoms with Crippen LogP contribution in [0, 0.1) is 0 Å². The standard InChI is InChI=1S/C24H28ClN3O3/c25-20-16-18(7-10-22(20)28-12-2-1-3-13-28)26-23(29)5-4-14-31-19-8-9-21-17(15-19)6-11-24(30)27-21/h7-10,15-16H,1-6,11-14H2,(H,26,29)(H,27,30). The molecule has 2 aliphatic rings. The fourth-order valence-corrected chi connectivity index (χ4v) is 4.37. The van der Waals surface area contributed by atoms with Gasteiger partial charge in [0.25, 0.3) is 0 Å². The number of rotatable bonds is 7. The molecule has 6 nitrogen and oxygen atoms in total. The number of amides is 2. The third kappa shape index (κ3) is 5.70. The van der Waals surface area contributed by atoms with Crippen LogP contribution in [-0.4, -0.2) is 31.5 Å². The van der Waals surface area contributed by atoms with Crippen LogP contribution in [0.5, 0.6) is 5.75 Å². The van der Waals surface area contributed by atoms with Crippen LogP contribution in [0.1, 0.15) is 44.1 Å². The molecule has 2 amide bonds. The highest BCUT2D eigenvalue weighted by Crippen LogP contribution is 2.31. The number of carbonyl (C=O) groups is 2. The summed E-state index contributed by atoms with van der Waals surface area (Å²) in [6.07, 6.45) is 5.86. The zero-order chi connectivity index (χ0) is 21.6. The maximum absolute atomic E-state index is 12.3. The van der Waals surface area contributed by atoms with Crippen LogP contribution in [0.4, 0.5) is 17.1 Å². The Kier molecular flexibility index (Phi) is 6.97. The topological polar surface area (TPSA) is 70.7 Å². The first-order chi connectivity index (χ1) is 15.1. The average Bonchev–Trinajstić information content (AvgIpc) is 2.77. The van der Waals surface area contributed by atoms with Gasteiger partial charge in [0, 0.05) is 37.3 Å². The fraction of sp³-hybridized carbons (Fsp3) is 0.417. The molecule has 0 bridgehead atoms. The Hall–Kier alpha value is -2.73. The monoisotopic (exact) mass is 441 g/mol. The van der Waals surface area contributed by atoms with Crippen molar-refractivity contribution in [2.24, 2.45) is 0 Å². The predicted molar refractivity (Wildman–Crippen MR) is 124 cm³/mol. The van der Waals surface area contributed by atoms with Gasteiger partial charge in [0.1, 0.15) is 5.75 Å². The molecule has 0 unspecified atom stereocenters. The molecule has 0 atom stereocenters. The predicted octanol–water partition coefficient (Wildman–Crippen LogP) is 5.01. The van der Waals surface area contributed by atoms with Crippen molar-refractivity contribution in [1.29, 1.82) is 0 Å². The Morgan fingerprint density at radius 3 is 2.74 bits per heavy atom. The molecule has 2 aliphatic heterocycles. The fourth-order valence-electron chi connectivity index (χ4n) is 4.07. The molecule has 4 rings (SSSR count). The Balaban J connectivity index is 1.22.